The third kappa shape index (κ3) is 4.84. The van der Waals surface area contributed by atoms with Crippen LogP contribution in [0.3, 0.4) is 0 Å². The quantitative estimate of drug-likeness (QED) is 0.483. The first-order valence-corrected chi connectivity index (χ1v) is 9.25. The summed E-state index contributed by atoms with van der Waals surface area (Å²) in [5.41, 5.74) is 0.682. The number of hydrogen-bond donors (Lipinski definition) is 1. The molecule has 1 aromatic heterocycles. The number of rotatable bonds is 6. The minimum absolute atomic E-state index is 0.200. The molecule has 2 aromatic rings. The van der Waals surface area contributed by atoms with Gasteiger partial charge in [-0.1, -0.05) is 46.3 Å². The Morgan fingerprint density at radius 2 is 1.84 bits per heavy atom. The second-order valence-corrected chi connectivity index (χ2v) is 6.81. The normalized spacial score (nSPS) is 15.7. The van der Waals surface area contributed by atoms with Crippen LogP contribution in [-0.2, 0) is 9.97 Å². The number of halogens is 5. The summed E-state index contributed by atoms with van der Waals surface area (Å²) in [7, 11) is 0. The Balaban J connectivity index is 1.80. The second-order valence-electron chi connectivity index (χ2n) is 5.61. The molecule has 1 saturated carbocycles. The van der Waals surface area contributed by atoms with Gasteiger partial charge in [-0.05, 0) is 30.5 Å². The smallest absolute Gasteiger partial charge is 0.422 e. The van der Waals surface area contributed by atoms with E-state index in [1.807, 2.05) is 34.7 Å². The van der Waals surface area contributed by atoms with Gasteiger partial charge in [-0.2, -0.15) is 28.1 Å². The molecule has 0 radical (unpaired) electrons. The van der Waals surface area contributed by atoms with Gasteiger partial charge in [0.05, 0.1) is 9.97 Å². The third-order valence-electron chi connectivity index (χ3n) is 3.64. The molecule has 1 N–H and O–H groups in total. The van der Waals surface area contributed by atoms with Crippen molar-refractivity contribution >= 4 is 40.1 Å². The van der Waals surface area contributed by atoms with E-state index in [4.69, 9.17) is 11.6 Å². The summed E-state index contributed by atoms with van der Waals surface area (Å²) in [6.45, 7) is -1.44. The van der Waals surface area contributed by atoms with Gasteiger partial charge >= 0.3 is 12.2 Å². The fraction of sp³-hybridized carbons (Fsp3) is 0.400. The lowest BCUT2D eigenvalue weighted by molar-refractivity contribution is -0.154. The van der Waals surface area contributed by atoms with Crippen LogP contribution in [0.25, 0.3) is 0 Å². The first kappa shape index (κ1) is 18.4. The average Bonchev–Trinajstić information content (AvgIpc) is 3.33. The van der Waals surface area contributed by atoms with Crippen LogP contribution in [0.2, 0.25) is 5.02 Å². The Bertz CT molecular complexity index is 753. The summed E-state index contributed by atoms with van der Waals surface area (Å²) in [6.07, 6.45) is -2.73. The second kappa shape index (κ2) is 7.10. The summed E-state index contributed by atoms with van der Waals surface area (Å²) in [6, 6.07) is 7.06. The largest absolute Gasteiger partial charge is 0.454 e. The predicted molar refractivity (Wildman–Crippen MR) is 95.1 cm³/mol. The molecule has 25 heavy (non-hydrogen) atoms. The highest BCUT2D eigenvalue weighted by molar-refractivity contribution is 14.1. The summed E-state index contributed by atoms with van der Waals surface area (Å²) < 4.78 is 42.1. The molecular weight excluding hydrogens is 472 g/mol. The van der Waals surface area contributed by atoms with Gasteiger partial charge < -0.3 is 10.1 Å². The van der Waals surface area contributed by atoms with Gasteiger partial charge in [0.1, 0.15) is 5.82 Å². The highest BCUT2D eigenvalue weighted by Gasteiger charge is 2.45. The van der Waals surface area contributed by atoms with Crippen molar-refractivity contribution in [1.82, 2.24) is 15.0 Å². The fourth-order valence-corrected chi connectivity index (χ4v) is 2.79. The van der Waals surface area contributed by atoms with Crippen molar-refractivity contribution in [3.8, 4) is 6.01 Å². The number of nitrogens with one attached hydrogen (secondary N) is 1. The molecule has 3 rings (SSSR count). The van der Waals surface area contributed by atoms with Gasteiger partial charge in [-0.25, -0.2) is 0 Å². The van der Waals surface area contributed by atoms with Crippen LogP contribution in [0.4, 0.5) is 19.1 Å². The third-order valence-corrected chi connectivity index (χ3v) is 4.58. The summed E-state index contributed by atoms with van der Waals surface area (Å²) in [5.74, 6) is 0.550. The zero-order valence-corrected chi connectivity index (χ0v) is 15.7. The van der Waals surface area contributed by atoms with Gasteiger partial charge in [0.25, 0.3) is 0 Å². The summed E-state index contributed by atoms with van der Waals surface area (Å²) >= 11 is 7.94. The van der Waals surface area contributed by atoms with Crippen LogP contribution in [0, 0.1) is 0 Å². The van der Waals surface area contributed by atoms with Gasteiger partial charge in [0.2, 0.25) is 5.95 Å². The van der Waals surface area contributed by atoms with Crippen LogP contribution >= 0.6 is 34.2 Å². The maximum atomic E-state index is 12.3. The highest BCUT2D eigenvalue weighted by atomic mass is 127. The zero-order chi connectivity index (χ0) is 18.1. The zero-order valence-electron chi connectivity index (χ0n) is 12.8. The van der Waals surface area contributed by atoms with Crippen molar-refractivity contribution in [3.63, 3.8) is 0 Å². The molecule has 1 fully saturated rings. The molecule has 5 nitrogen and oxygen atoms in total. The molecule has 10 heteroatoms. The van der Waals surface area contributed by atoms with Crippen molar-refractivity contribution in [3.05, 3.63) is 40.7 Å². The standard InChI is InChI=1S/C15H13ClF3IN4O/c16-10-3-1-9(2-4-10)14(5-6-14)24-12-21-11(7-20)22-13(23-12)25-8-15(17,18)19/h1-4H,5-8H2,(H,21,22,23,24). The minimum Gasteiger partial charge on any atom is -0.454 e. The number of nitrogens with zero attached hydrogens (tertiary/aromatic N) is 3. The first-order valence-electron chi connectivity index (χ1n) is 7.34. The Labute approximate surface area is 160 Å². The molecule has 0 aliphatic heterocycles. The first-order chi connectivity index (χ1) is 11.8. The molecule has 0 unspecified atom stereocenters. The lowest BCUT2D eigenvalue weighted by Gasteiger charge is -2.18. The lowest BCUT2D eigenvalue weighted by atomic mass is 10.1. The highest BCUT2D eigenvalue weighted by Crippen LogP contribution is 2.48. The topological polar surface area (TPSA) is 59.9 Å². The van der Waals surface area contributed by atoms with Gasteiger partial charge in [0, 0.05) is 5.02 Å². The van der Waals surface area contributed by atoms with E-state index in [0.717, 1.165) is 18.4 Å². The van der Waals surface area contributed by atoms with Gasteiger partial charge in [-0.15, -0.1) is 0 Å². The molecule has 0 saturated heterocycles. The number of hydrogen-bond acceptors (Lipinski definition) is 5. The number of aromatic nitrogens is 3. The molecule has 1 heterocycles. The average molecular weight is 485 g/mol. The molecule has 1 aliphatic carbocycles. The molecular formula is C15H13ClF3IN4O. The van der Waals surface area contributed by atoms with Gasteiger partial charge in [-0.3, -0.25) is 0 Å². The van der Waals surface area contributed by atoms with Gasteiger partial charge in [0.15, 0.2) is 6.61 Å². The van der Waals surface area contributed by atoms with E-state index >= 15 is 0 Å². The minimum atomic E-state index is -4.45. The summed E-state index contributed by atoms with van der Waals surface area (Å²) in [5, 5.41) is 3.84. The Morgan fingerprint density at radius 1 is 1.16 bits per heavy atom. The monoisotopic (exact) mass is 484 g/mol. The van der Waals surface area contributed by atoms with Crippen LogP contribution in [0.5, 0.6) is 6.01 Å². The van der Waals surface area contributed by atoms with Crippen molar-refractivity contribution in [2.75, 3.05) is 11.9 Å². The van der Waals surface area contributed by atoms with Crippen LogP contribution in [-0.4, -0.2) is 27.7 Å². The Hall–Kier alpha value is -1.36. The predicted octanol–water partition coefficient (Wildman–Crippen LogP) is 4.50. The van der Waals surface area contributed by atoms with Crippen LogP contribution in [0.1, 0.15) is 24.2 Å². The molecule has 1 aliphatic rings. The molecule has 134 valence electrons. The summed E-state index contributed by atoms with van der Waals surface area (Å²) in [4.78, 5) is 12.1. The van der Waals surface area contributed by atoms with Crippen LogP contribution in [0.15, 0.2) is 24.3 Å². The molecule has 0 spiro atoms. The molecule has 0 amide bonds. The number of anilines is 1. The van der Waals surface area contributed by atoms with E-state index in [2.05, 4.69) is 25.0 Å². The molecule has 0 atom stereocenters. The van der Waals surface area contributed by atoms with Crippen LogP contribution < -0.4 is 10.1 Å². The Kier molecular flexibility index (Phi) is 5.24. The number of ether oxygens (including phenoxy) is 1. The molecule has 0 bridgehead atoms. The van der Waals surface area contributed by atoms with Crippen molar-refractivity contribution in [2.24, 2.45) is 0 Å². The maximum absolute atomic E-state index is 12.3. The lowest BCUT2D eigenvalue weighted by Crippen LogP contribution is -2.23. The number of alkyl halides is 4. The molecule has 1 aromatic carbocycles. The van der Waals surface area contributed by atoms with Crippen molar-refractivity contribution in [2.45, 2.75) is 29.0 Å². The maximum Gasteiger partial charge on any atom is 0.422 e. The van der Waals surface area contributed by atoms with Crippen molar-refractivity contribution in [1.29, 1.82) is 0 Å². The van der Waals surface area contributed by atoms with E-state index in [9.17, 15) is 13.2 Å². The van der Waals surface area contributed by atoms with E-state index in [1.165, 1.54) is 0 Å². The SMILES string of the molecule is FC(F)(F)COc1nc(CI)nc(NC2(c3ccc(Cl)cc3)CC2)n1. The van der Waals surface area contributed by atoms with Crippen molar-refractivity contribution < 1.29 is 17.9 Å². The van der Waals surface area contributed by atoms with E-state index in [0.29, 0.717) is 15.3 Å². The van der Waals surface area contributed by atoms with E-state index < -0.39 is 12.8 Å². The van der Waals surface area contributed by atoms with E-state index in [1.54, 1.807) is 12.1 Å². The fourth-order valence-electron chi connectivity index (χ4n) is 2.32. The Morgan fingerprint density at radius 3 is 2.40 bits per heavy atom. The number of benzene rings is 1. The van der Waals surface area contributed by atoms with E-state index in [-0.39, 0.29) is 17.5 Å².